The maximum absolute atomic E-state index is 5.75. The lowest BCUT2D eigenvalue weighted by molar-refractivity contribution is 0.496. The summed E-state index contributed by atoms with van der Waals surface area (Å²) in [6, 6.07) is 0. The highest BCUT2D eigenvalue weighted by molar-refractivity contribution is 7.09. The second-order valence-corrected chi connectivity index (χ2v) is 3.99. The van der Waals surface area contributed by atoms with Crippen molar-refractivity contribution in [2.45, 2.75) is 20.4 Å². The third-order valence-electron chi connectivity index (χ3n) is 1.94. The first-order chi connectivity index (χ1) is 6.65. The van der Waals surface area contributed by atoms with Gasteiger partial charge < -0.3 is 10.6 Å². The quantitative estimate of drug-likeness (QED) is 0.605. The highest BCUT2D eigenvalue weighted by atomic mass is 32.1. The number of nitrogens with zero attached hydrogens (tertiary/aromatic N) is 3. The second kappa shape index (κ2) is 4.95. The summed E-state index contributed by atoms with van der Waals surface area (Å²) >= 11 is 1.65. The number of aliphatic imine (C=N–C) groups is 1. The van der Waals surface area contributed by atoms with E-state index in [1.54, 1.807) is 11.3 Å². The lowest BCUT2D eigenvalue weighted by Gasteiger charge is -2.16. The molecule has 1 rings (SSSR count). The largest absolute Gasteiger partial charge is 0.370 e. The van der Waals surface area contributed by atoms with Gasteiger partial charge in [0.25, 0.3) is 0 Å². The maximum Gasteiger partial charge on any atom is 0.191 e. The fraction of sp³-hybridized carbons (Fsp3) is 0.556. The molecule has 0 unspecified atom stereocenters. The Bertz CT molecular complexity index is 318. The van der Waals surface area contributed by atoms with Crippen LogP contribution >= 0.6 is 11.3 Å². The zero-order chi connectivity index (χ0) is 10.6. The molecule has 0 aliphatic heterocycles. The maximum atomic E-state index is 5.75. The summed E-state index contributed by atoms with van der Waals surface area (Å²) in [4.78, 5) is 11.5. The monoisotopic (exact) mass is 212 g/mol. The molecule has 0 saturated heterocycles. The summed E-state index contributed by atoms with van der Waals surface area (Å²) in [5, 5.41) is 0. The number of aromatic nitrogens is 1. The van der Waals surface area contributed by atoms with Gasteiger partial charge in [-0.3, -0.25) is 4.99 Å². The van der Waals surface area contributed by atoms with Crippen molar-refractivity contribution in [1.82, 2.24) is 9.88 Å². The van der Waals surface area contributed by atoms with Crippen molar-refractivity contribution in [3.63, 3.8) is 0 Å². The summed E-state index contributed by atoms with van der Waals surface area (Å²) < 4.78 is 0. The van der Waals surface area contributed by atoms with E-state index < -0.39 is 0 Å². The number of hydrogen-bond acceptors (Lipinski definition) is 3. The first kappa shape index (κ1) is 11.0. The first-order valence-electron chi connectivity index (χ1n) is 4.55. The van der Waals surface area contributed by atoms with Crippen LogP contribution in [0.15, 0.2) is 10.5 Å². The highest BCUT2D eigenvalue weighted by Gasteiger charge is 2.06. The molecule has 0 bridgehead atoms. The van der Waals surface area contributed by atoms with Gasteiger partial charge in [0.2, 0.25) is 0 Å². The molecule has 0 aliphatic carbocycles. The van der Waals surface area contributed by atoms with Gasteiger partial charge in [-0.1, -0.05) is 0 Å². The van der Waals surface area contributed by atoms with Gasteiger partial charge in [0.15, 0.2) is 5.96 Å². The zero-order valence-electron chi connectivity index (χ0n) is 8.82. The summed E-state index contributed by atoms with van der Waals surface area (Å²) in [7, 11) is 1.94. The minimum absolute atomic E-state index is 0.584. The van der Waals surface area contributed by atoms with E-state index >= 15 is 0 Å². The van der Waals surface area contributed by atoms with Crippen molar-refractivity contribution in [3.8, 4) is 0 Å². The van der Waals surface area contributed by atoms with Crippen LogP contribution in [0.2, 0.25) is 0 Å². The molecule has 14 heavy (non-hydrogen) atoms. The zero-order valence-corrected chi connectivity index (χ0v) is 9.64. The SMILES string of the molecule is CCN=C(N)N(C)Cc1scnc1C. The molecular weight excluding hydrogens is 196 g/mol. The van der Waals surface area contributed by atoms with Crippen LogP contribution in [0.4, 0.5) is 0 Å². The fourth-order valence-corrected chi connectivity index (χ4v) is 1.89. The Balaban J connectivity index is 2.61. The molecule has 0 fully saturated rings. The van der Waals surface area contributed by atoms with Crippen molar-refractivity contribution in [3.05, 3.63) is 16.1 Å². The lowest BCUT2D eigenvalue weighted by atomic mass is 10.4. The van der Waals surface area contributed by atoms with Gasteiger partial charge in [-0.25, -0.2) is 4.98 Å². The van der Waals surface area contributed by atoms with E-state index in [0.29, 0.717) is 5.96 Å². The Labute approximate surface area is 88.5 Å². The van der Waals surface area contributed by atoms with E-state index in [9.17, 15) is 0 Å². The minimum atomic E-state index is 0.584. The van der Waals surface area contributed by atoms with Crippen LogP contribution in [0.3, 0.4) is 0 Å². The number of guanidine groups is 1. The molecule has 2 N–H and O–H groups in total. The molecule has 0 radical (unpaired) electrons. The van der Waals surface area contributed by atoms with Crippen LogP contribution in [0.25, 0.3) is 0 Å². The van der Waals surface area contributed by atoms with E-state index in [-0.39, 0.29) is 0 Å². The third-order valence-corrected chi connectivity index (χ3v) is 2.86. The van der Waals surface area contributed by atoms with Crippen molar-refractivity contribution < 1.29 is 0 Å². The molecule has 0 amide bonds. The number of hydrogen-bond donors (Lipinski definition) is 1. The van der Waals surface area contributed by atoms with Gasteiger partial charge in [0.1, 0.15) is 0 Å². The average molecular weight is 212 g/mol. The van der Waals surface area contributed by atoms with Gasteiger partial charge in [0.05, 0.1) is 17.7 Å². The Morgan fingerprint density at radius 1 is 1.71 bits per heavy atom. The minimum Gasteiger partial charge on any atom is -0.370 e. The van der Waals surface area contributed by atoms with Crippen LogP contribution in [-0.4, -0.2) is 29.4 Å². The normalized spacial score (nSPS) is 11.8. The Kier molecular flexibility index (Phi) is 3.88. The smallest absolute Gasteiger partial charge is 0.191 e. The molecule has 0 aliphatic rings. The van der Waals surface area contributed by atoms with Crippen molar-refractivity contribution in [2.75, 3.05) is 13.6 Å². The van der Waals surface area contributed by atoms with E-state index in [1.807, 2.05) is 31.3 Å². The van der Waals surface area contributed by atoms with Gasteiger partial charge in [-0.2, -0.15) is 0 Å². The number of nitrogens with two attached hydrogens (primary N) is 1. The van der Waals surface area contributed by atoms with Crippen molar-refractivity contribution in [1.29, 1.82) is 0 Å². The van der Waals surface area contributed by atoms with E-state index in [0.717, 1.165) is 18.8 Å². The highest BCUT2D eigenvalue weighted by Crippen LogP contribution is 2.13. The average Bonchev–Trinajstić information content (AvgIpc) is 2.52. The van der Waals surface area contributed by atoms with Crippen LogP contribution in [-0.2, 0) is 6.54 Å². The van der Waals surface area contributed by atoms with E-state index in [2.05, 4.69) is 9.98 Å². The predicted molar refractivity (Wildman–Crippen MR) is 60.5 cm³/mol. The molecule has 4 nitrogen and oxygen atoms in total. The number of rotatable bonds is 3. The van der Waals surface area contributed by atoms with E-state index in [4.69, 9.17) is 5.73 Å². The third kappa shape index (κ3) is 2.70. The second-order valence-electron chi connectivity index (χ2n) is 3.05. The molecular formula is C9H16N4S. The Morgan fingerprint density at radius 3 is 2.93 bits per heavy atom. The van der Waals surface area contributed by atoms with Gasteiger partial charge in [-0.05, 0) is 13.8 Å². The molecule has 0 aromatic carbocycles. The summed E-state index contributed by atoms with van der Waals surface area (Å²) in [6.07, 6.45) is 0. The summed E-state index contributed by atoms with van der Waals surface area (Å²) in [5.41, 5.74) is 8.68. The molecule has 1 aromatic rings. The Morgan fingerprint density at radius 2 is 2.43 bits per heavy atom. The fourth-order valence-electron chi connectivity index (χ4n) is 1.06. The molecule has 1 heterocycles. The molecule has 0 saturated carbocycles. The summed E-state index contributed by atoms with van der Waals surface area (Å²) in [6.45, 7) is 5.48. The first-order valence-corrected chi connectivity index (χ1v) is 5.43. The Hall–Kier alpha value is -1.10. The van der Waals surface area contributed by atoms with Crippen molar-refractivity contribution in [2.24, 2.45) is 10.7 Å². The van der Waals surface area contributed by atoms with Crippen molar-refractivity contribution >= 4 is 17.3 Å². The molecule has 1 aromatic heterocycles. The topological polar surface area (TPSA) is 54.5 Å². The molecule has 0 atom stereocenters. The predicted octanol–water partition coefficient (Wildman–Crippen LogP) is 1.22. The number of thiazole rings is 1. The van der Waals surface area contributed by atoms with Crippen LogP contribution in [0.5, 0.6) is 0 Å². The molecule has 5 heteroatoms. The van der Waals surface area contributed by atoms with Gasteiger partial charge in [-0.15, -0.1) is 11.3 Å². The van der Waals surface area contributed by atoms with Crippen LogP contribution < -0.4 is 5.73 Å². The van der Waals surface area contributed by atoms with E-state index in [1.165, 1.54) is 4.88 Å². The standard InChI is InChI=1S/C9H16N4S/c1-4-11-9(10)13(3)5-8-7(2)12-6-14-8/h6H,4-5H2,1-3H3,(H2,10,11). The molecule has 78 valence electrons. The van der Waals surface area contributed by atoms with Gasteiger partial charge in [0, 0.05) is 18.5 Å². The lowest BCUT2D eigenvalue weighted by Crippen LogP contribution is -2.33. The number of aryl methyl sites for hydroxylation is 1. The van der Waals surface area contributed by atoms with Crippen LogP contribution in [0, 0.1) is 6.92 Å². The molecule has 0 spiro atoms. The summed E-state index contributed by atoms with van der Waals surface area (Å²) in [5.74, 6) is 0.584. The van der Waals surface area contributed by atoms with Crippen LogP contribution in [0.1, 0.15) is 17.5 Å². The van der Waals surface area contributed by atoms with Gasteiger partial charge >= 0.3 is 0 Å².